The fourth-order valence-electron chi connectivity index (χ4n) is 2.38. The average Bonchev–Trinajstić information content (AvgIpc) is 2.59. The maximum Gasteiger partial charge on any atom is 0.254 e. The monoisotopic (exact) mass is 346 g/mol. The van der Waals surface area contributed by atoms with Crippen LogP contribution < -0.4 is 10.6 Å². The van der Waals surface area contributed by atoms with Crippen LogP contribution in [0, 0.1) is 11.6 Å². The van der Waals surface area contributed by atoms with Gasteiger partial charge < -0.3 is 10.6 Å². The van der Waals surface area contributed by atoms with Gasteiger partial charge in [0.2, 0.25) is 5.91 Å². The van der Waals surface area contributed by atoms with Crippen molar-refractivity contribution in [3.05, 3.63) is 65.2 Å². The second-order valence-corrected chi connectivity index (χ2v) is 5.54. The Morgan fingerprint density at radius 1 is 1.08 bits per heavy atom. The van der Waals surface area contributed by atoms with Gasteiger partial charge in [0.1, 0.15) is 11.6 Å². The highest BCUT2D eigenvalue weighted by molar-refractivity contribution is 5.94. The first-order valence-corrected chi connectivity index (χ1v) is 8.12. The number of benzene rings is 2. The van der Waals surface area contributed by atoms with Gasteiger partial charge in [0, 0.05) is 24.7 Å². The molecule has 0 unspecified atom stereocenters. The zero-order valence-electron chi connectivity index (χ0n) is 13.9. The second kappa shape index (κ2) is 8.92. The van der Waals surface area contributed by atoms with E-state index in [-0.39, 0.29) is 24.4 Å². The van der Waals surface area contributed by atoms with E-state index in [2.05, 4.69) is 10.6 Å². The van der Waals surface area contributed by atoms with Gasteiger partial charge in [-0.2, -0.15) is 0 Å². The van der Waals surface area contributed by atoms with Crippen molar-refractivity contribution in [2.45, 2.75) is 26.2 Å². The van der Waals surface area contributed by atoms with E-state index in [1.807, 2.05) is 31.2 Å². The second-order valence-electron chi connectivity index (χ2n) is 5.54. The van der Waals surface area contributed by atoms with E-state index in [0.717, 1.165) is 29.8 Å². The van der Waals surface area contributed by atoms with Crippen LogP contribution in [-0.2, 0) is 11.2 Å². The van der Waals surface area contributed by atoms with Crippen molar-refractivity contribution < 1.29 is 18.4 Å². The molecular weight excluding hydrogens is 326 g/mol. The number of anilines is 1. The molecule has 25 heavy (non-hydrogen) atoms. The molecule has 2 aromatic rings. The van der Waals surface area contributed by atoms with Crippen LogP contribution in [-0.4, -0.2) is 18.4 Å². The maximum atomic E-state index is 13.5. The highest BCUT2D eigenvalue weighted by Crippen LogP contribution is 2.15. The van der Waals surface area contributed by atoms with E-state index in [0.29, 0.717) is 12.5 Å². The van der Waals surface area contributed by atoms with Crippen LogP contribution >= 0.6 is 0 Å². The van der Waals surface area contributed by atoms with Gasteiger partial charge in [-0.3, -0.25) is 9.59 Å². The Morgan fingerprint density at radius 2 is 1.84 bits per heavy atom. The molecule has 0 radical (unpaired) electrons. The summed E-state index contributed by atoms with van der Waals surface area (Å²) in [5.74, 6) is -2.43. The van der Waals surface area contributed by atoms with E-state index in [1.54, 1.807) is 0 Å². The minimum absolute atomic E-state index is 0.150. The van der Waals surface area contributed by atoms with Gasteiger partial charge in [0.05, 0.1) is 5.56 Å². The number of carbonyl (C=O) groups is 2. The molecule has 0 saturated heterocycles. The number of aryl methyl sites for hydroxylation is 1. The number of nitrogens with one attached hydrogen (secondary N) is 2. The summed E-state index contributed by atoms with van der Waals surface area (Å²) in [6, 6.07) is 10.3. The number of carbonyl (C=O) groups excluding carboxylic acids is 2. The molecule has 0 saturated carbocycles. The molecule has 0 heterocycles. The van der Waals surface area contributed by atoms with Crippen molar-refractivity contribution >= 4 is 17.5 Å². The topological polar surface area (TPSA) is 58.2 Å². The van der Waals surface area contributed by atoms with Crippen molar-refractivity contribution in [2.24, 2.45) is 0 Å². The molecule has 0 atom stereocenters. The van der Waals surface area contributed by atoms with Crippen molar-refractivity contribution in [1.82, 2.24) is 5.32 Å². The van der Waals surface area contributed by atoms with E-state index in [9.17, 15) is 18.4 Å². The van der Waals surface area contributed by atoms with Gasteiger partial charge in [-0.15, -0.1) is 0 Å². The molecule has 0 aliphatic carbocycles. The molecule has 4 nitrogen and oxygen atoms in total. The first-order chi connectivity index (χ1) is 12.0. The van der Waals surface area contributed by atoms with Crippen molar-refractivity contribution in [1.29, 1.82) is 0 Å². The summed E-state index contributed by atoms with van der Waals surface area (Å²) in [4.78, 5) is 23.8. The van der Waals surface area contributed by atoms with Gasteiger partial charge >= 0.3 is 0 Å². The summed E-state index contributed by atoms with van der Waals surface area (Å²) in [6.45, 7) is 2.23. The van der Waals surface area contributed by atoms with Gasteiger partial charge in [0.25, 0.3) is 5.91 Å². The minimum atomic E-state index is -0.911. The number of rotatable bonds is 7. The Labute approximate surface area is 145 Å². The van der Waals surface area contributed by atoms with E-state index in [4.69, 9.17) is 0 Å². The van der Waals surface area contributed by atoms with E-state index < -0.39 is 17.5 Å². The van der Waals surface area contributed by atoms with Crippen LogP contribution in [0.3, 0.4) is 0 Å². The fraction of sp³-hybridized carbons (Fsp3) is 0.263. The lowest BCUT2D eigenvalue weighted by Gasteiger charge is -2.10. The van der Waals surface area contributed by atoms with Gasteiger partial charge in [-0.1, -0.05) is 25.1 Å². The number of amides is 2. The molecule has 0 aliphatic heterocycles. The number of hydrogen-bond donors (Lipinski definition) is 2. The van der Waals surface area contributed by atoms with Crippen LogP contribution in [0.25, 0.3) is 0 Å². The standard InChI is InChI=1S/C19H20F2N2O2/c1-2-13-6-3-4-7-17(13)23-18(24)8-5-11-22-19(25)15-10-9-14(20)12-16(15)21/h3-4,6-7,9-10,12H,2,5,8,11H2,1H3,(H,22,25)(H,23,24). The molecule has 2 amide bonds. The molecule has 0 aromatic heterocycles. The summed E-state index contributed by atoms with van der Waals surface area (Å²) in [7, 11) is 0. The third-order valence-corrected chi connectivity index (χ3v) is 3.71. The third-order valence-electron chi connectivity index (χ3n) is 3.71. The number of halogens is 2. The Morgan fingerprint density at radius 3 is 2.56 bits per heavy atom. The third kappa shape index (κ3) is 5.38. The van der Waals surface area contributed by atoms with E-state index >= 15 is 0 Å². The lowest BCUT2D eigenvalue weighted by Crippen LogP contribution is -2.26. The number of hydrogen-bond acceptors (Lipinski definition) is 2. The van der Waals surface area contributed by atoms with Crippen molar-refractivity contribution in [3.63, 3.8) is 0 Å². The average molecular weight is 346 g/mol. The summed E-state index contributed by atoms with van der Waals surface area (Å²) in [5.41, 5.74) is 1.62. The van der Waals surface area contributed by atoms with Crippen molar-refractivity contribution in [3.8, 4) is 0 Å². The minimum Gasteiger partial charge on any atom is -0.352 e. The molecule has 2 N–H and O–H groups in total. The Hall–Kier alpha value is -2.76. The highest BCUT2D eigenvalue weighted by Gasteiger charge is 2.12. The summed E-state index contributed by atoms with van der Waals surface area (Å²) in [6.07, 6.45) is 1.45. The maximum absolute atomic E-state index is 13.5. The van der Waals surface area contributed by atoms with Crippen molar-refractivity contribution in [2.75, 3.05) is 11.9 Å². The van der Waals surface area contributed by atoms with Gasteiger partial charge in [-0.25, -0.2) is 8.78 Å². The summed E-state index contributed by atoms with van der Waals surface area (Å²) >= 11 is 0. The number of para-hydroxylation sites is 1. The van der Waals surface area contributed by atoms with Crippen LogP contribution in [0.2, 0.25) is 0 Å². The first-order valence-electron chi connectivity index (χ1n) is 8.12. The Kier molecular flexibility index (Phi) is 6.62. The quantitative estimate of drug-likeness (QED) is 0.752. The molecule has 0 spiro atoms. The SMILES string of the molecule is CCc1ccccc1NC(=O)CCCNC(=O)c1ccc(F)cc1F. The molecule has 0 aliphatic rings. The van der Waals surface area contributed by atoms with E-state index in [1.165, 1.54) is 0 Å². The molecular formula is C19H20F2N2O2. The lowest BCUT2D eigenvalue weighted by molar-refractivity contribution is -0.116. The molecule has 6 heteroatoms. The molecule has 0 bridgehead atoms. The predicted octanol–water partition coefficient (Wildman–Crippen LogP) is 3.68. The largest absolute Gasteiger partial charge is 0.352 e. The van der Waals surface area contributed by atoms with Gasteiger partial charge in [0.15, 0.2) is 0 Å². The fourth-order valence-corrected chi connectivity index (χ4v) is 2.38. The molecule has 132 valence electrons. The molecule has 2 rings (SSSR count). The Balaban J connectivity index is 1.77. The predicted molar refractivity (Wildman–Crippen MR) is 92.4 cm³/mol. The smallest absolute Gasteiger partial charge is 0.254 e. The normalized spacial score (nSPS) is 10.4. The van der Waals surface area contributed by atoms with Crippen LogP contribution in [0.15, 0.2) is 42.5 Å². The van der Waals surface area contributed by atoms with Crippen LogP contribution in [0.4, 0.5) is 14.5 Å². The summed E-state index contributed by atoms with van der Waals surface area (Å²) in [5, 5.41) is 5.36. The Bertz CT molecular complexity index is 763. The van der Waals surface area contributed by atoms with Crippen LogP contribution in [0.1, 0.15) is 35.7 Å². The molecule has 2 aromatic carbocycles. The lowest BCUT2D eigenvalue weighted by atomic mass is 10.1. The first kappa shape index (κ1) is 18.6. The molecule has 0 fully saturated rings. The highest BCUT2D eigenvalue weighted by atomic mass is 19.1. The van der Waals surface area contributed by atoms with Crippen LogP contribution in [0.5, 0.6) is 0 Å². The zero-order valence-corrected chi connectivity index (χ0v) is 13.9. The van der Waals surface area contributed by atoms with Gasteiger partial charge in [-0.05, 0) is 36.6 Å². The zero-order chi connectivity index (χ0) is 18.2. The summed E-state index contributed by atoms with van der Waals surface area (Å²) < 4.78 is 26.3.